The first-order chi connectivity index (χ1) is 14.3. The van der Waals surface area contributed by atoms with Crippen LogP contribution in [0.4, 0.5) is 11.6 Å². The van der Waals surface area contributed by atoms with Crippen molar-refractivity contribution in [3.8, 4) is 11.3 Å². The molecule has 0 bridgehead atoms. The van der Waals surface area contributed by atoms with Gasteiger partial charge in [0.1, 0.15) is 0 Å². The van der Waals surface area contributed by atoms with Crippen molar-refractivity contribution in [2.24, 2.45) is 0 Å². The van der Waals surface area contributed by atoms with Gasteiger partial charge in [-0.2, -0.15) is 0 Å². The van der Waals surface area contributed by atoms with Gasteiger partial charge < -0.3 is 25.0 Å². The second-order valence-corrected chi connectivity index (χ2v) is 8.36. The fourth-order valence-corrected chi connectivity index (χ4v) is 4.08. The number of ether oxygens (including phenoxy) is 1. The molecule has 160 valence electrons. The maximum atomic E-state index is 12.8. The Balaban J connectivity index is 1.67. The number of halogens is 1. The molecule has 1 amide bonds. The first-order valence-electron chi connectivity index (χ1n) is 10.0. The molecule has 0 spiro atoms. The van der Waals surface area contributed by atoms with Gasteiger partial charge in [-0.05, 0) is 25.5 Å². The number of hydrogen-bond donors (Lipinski definition) is 2. The van der Waals surface area contributed by atoms with Crippen LogP contribution in [0.25, 0.3) is 11.3 Å². The molecule has 3 heterocycles. The van der Waals surface area contributed by atoms with E-state index in [4.69, 9.17) is 16.3 Å². The summed E-state index contributed by atoms with van der Waals surface area (Å²) in [6, 6.07) is 5.55. The minimum absolute atomic E-state index is 0.00181. The second-order valence-electron chi connectivity index (χ2n) is 7.95. The zero-order valence-electron chi connectivity index (χ0n) is 17.3. The summed E-state index contributed by atoms with van der Waals surface area (Å²) in [5.41, 5.74) is 2.87. The van der Waals surface area contributed by atoms with Crippen LogP contribution >= 0.6 is 11.6 Å². The molecular weight excluding hydrogens is 406 g/mol. The summed E-state index contributed by atoms with van der Waals surface area (Å²) < 4.78 is 5.27. The lowest BCUT2D eigenvalue weighted by Crippen LogP contribution is -2.42. The summed E-state index contributed by atoms with van der Waals surface area (Å²) in [5, 5.41) is 13.7. The number of aliphatic hydroxyl groups excluding tert-OH is 1. The number of aromatic nitrogens is 2. The van der Waals surface area contributed by atoms with Gasteiger partial charge in [0.25, 0.3) is 5.91 Å². The highest BCUT2D eigenvalue weighted by atomic mass is 35.5. The third-order valence-electron chi connectivity index (χ3n) is 5.82. The predicted octanol–water partition coefficient (Wildman–Crippen LogP) is 2.27. The lowest BCUT2D eigenvalue weighted by Gasteiger charge is -2.28. The van der Waals surface area contributed by atoms with E-state index in [-0.39, 0.29) is 24.6 Å². The van der Waals surface area contributed by atoms with Crippen molar-refractivity contribution in [2.75, 3.05) is 44.1 Å². The van der Waals surface area contributed by atoms with Gasteiger partial charge in [0.05, 0.1) is 46.9 Å². The van der Waals surface area contributed by atoms with Gasteiger partial charge in [-0.3, -0.25) is 4.79 Å². The normalized spacial score (nSPS) is 24.4. The number of carbonyl (C=O) groups excluding carboxylic acids is 1. The first kappa shape index (κ1) is 20.8. The van der Waals surface area contributed by atoms with Gasteiger partial charge in [-0.1, -0.05) is 17.7 Å². The standard InChI is InChI=1S/C21H26ClN5O3/c1-12-10-26(2)17-8-13(4-5-14(17)20(29)27(12)3)19-15(22)9-23-21(25-19)24-16-6-7-30-11-18(16)28/h4-5,8-9,12,16,18,28H,6-7,10-11H2,1-3H3,(H,23,24,25)/t12?,16-,18-/m1/s1. The number of rotatable bonds is 3. The number of likely N-dealkylation sites (N-methyl/N-ethyl adjacent to an activating group) is 2. The SMILES string of the molecule is CC1CN(C)c2cc(-c3nc(N[C@@H]4CCOC[C@H]4O)ncc3Cl)ccc2C(=O)N1C. The monoisotopic (exact) mass is 431 g/mol. The summed E-state index contributed by atoms with van der Waals surface area (Å²) in [6.45, 7) is 3.62. The molecule has 1 aromatic carbocycles. The summed E-state index contributed by atoms with van der Waals surface area (Å²) in [7, 11) is 3.81. The smallest absolute Gasteiger partial charge is 0.256 e. The van der Waals surface area contributed by atoms with Crippen LogP contribution in [0.2, 0.25) is 5.02 Å². The number of nitrogens with one attached hydrogen (secondary N) is 1. The van der Waals surface area contributed by atoms with Crippen molar-refractivity contribution >= 4 is 29.1 Å². The Kier molecular flexibility index (Phi) is 5.81. The molecule has 9 heteroatoms. The Morgan fingerprint density at radius 2 is 2.13 bits per heavy atom. The van der Waals surface area contributed by atoms with Crippen LogP contribution in [0.1, 0.15) is 23.7 Å². The molecule has 0 saturated carbocycles. The molecule has 0 aliphatic carbocycles. The van der Waals surface area contributed by atoms with Crippen molar-refractivity contribution in [1.82, 2.24) is 14.9 Å². The van der Waals surface area contributed by atoms with Crippen LogP contribution in [0.15, 0.2) is 24.4 Å². The maximum Gasteiger partial charge on any atom is 0.256 e. The van der Waals surface area contributed by atoms with Gasteiger partial charge in [-0.25, -0.2) is 9.97 Å². The third-order valence-corrected chi connectivity index (χ3v) is 6.09. The number of anilines is 2. The Bertz CT molecular complexity index is 956. The Hall–Kier alpha value is -2.42. The second kappa shape index (κ2) is 8.37. The molecule has 1 aromatic heterocycles. The summed E-state index contributed by atoms with van der Waals surface area (Å²) in [6.07, 6.45) is 1.60. The molecule has 2 N–H and O–H groups in total. The van der Waals surface area contributed by atoms with E-state index < -0.39 is 6.10 Å². The first-order valence-corrected chi connectivity index (χ1v) is 10.4. The van der Waals surface area contributed by atoms with E-state index in [1.54, 1.807) is 11.1 Å². The summed E-state index contributed by atoms with van der Waals surface area (Å²) in [5.74, 6) is 0.395. The Morgan fingerprint density at radius 1 is 1.33 bits per heavy atom. The van der Waals surface area contributed by atoms with Crippen LogP contribution in [0.3, 0.4) is 0 Å². The van der Waals surface area contributed by atoms with Crippen LogP contribution in [0.5, 0.6) is 0 Å². The Labute approximate surface area is 180 Å². The van der Waals surface area contributed by atoms with Crippen molar-refractivity contribution in [3.05, 3.63) is 35.0 Å². The van der Waals surface area contributed by atoms with Crippen LogP contribution in [-0.2, 0) is 4.74 Å². The van der Waals surface area contributed by atoms with Crippen molar-refractivity contribution in [2.45, 2.75) is 31.5 Å². The quantitative estimate of drug-likeness (QED) is 0.770. The molecule has 4 rings (SSSR count). The van der Waals surface area contributed by atoms with Gasteiger partial charge >= 0.3 is 0 Å². The molecular formula is C21H26ClN5O3. The number of nitrogens with zero attached hydrogens (tertiary/aromatic N) is 4. The number of hydrogen-bond acceptors (Lipinski definition) is 7. The molecule has 2 aliphatic heterocycles. The van der Waals surface area contributed by atoms with E-state index in [1.807, 2.05) is 39.2 Å². The van der Waals surface area contributed by atoms with E-state index in [0.717, 1.165) is 17.8 Å². The highest BCUT2D eigenvalue weighted by Gasteiger charge is 2.28. The largest absolute Gasteiger partial charge is 0.389 e. The zero-order valence-corrected chi connectivity index (χ0v) is 18.1. The number of amides is 1. The molecule has 30 heavy (non-hydrogen) atoms. The van der Waals surface area contributed by atoms with E-state index in [2.05, 4.69) is 20.2 Å². The predicted molar refractivity (Wildman–Crippen MR) is 116 cm³/mol. The molecule has 2 aliphatic rings. The number of fused-ring (bicyclic) bond motifs is 1. The number of aliphatic hydroxyl groups is 1. The molecule has 3 atom stereocenters. The van der Waals surface area contributed by atoms with Crippen molar-refractivity contribution in [1.29, 1.82) is 0 Å². The topological polar surface area (TPSA) is 90.8 Å². The highest BCUT2D eigenvalue weighted by Crippen LogP contribution is 2.33. The lowest BCUT2D eigenvalue weighted by atomic mass is 10.0. The average molecular weight is 432 g/mol. The molecule has 8 nitrogen and oxygen atoms in total. The fourth-order valence-electron chi connectivity index (χ4n) is 3.88. The molecule has 1 saturated heterocycles. The van der Waals surface area contributed by atoms with E-state index in [9.17, 15) is 9.90 Å². The van der Waals surface area contributed by atoms with E-state index in [1.165, 1.54) is 0 Å². The third kappa shape index (κ3) is 3.95. The zero-order chi connectivity index (χ0) is 21.4. The van der Waals surface area contributed by atoms with Crippen molar-refractivity contribution < 1.29 is 14.6 Å². The summed E-state index contributed by atoms with van der Waals surface area (Å²) >= 11 is 6.42. The lowest BCUT2D eigenvalue weighted by molar-refractivity contribution is -0.0136. The van der Waals surface area contributed by atoms with Crippen LogP contribution < -0.4 is 10.2 Å². The van der Waals surface area contributed by atoms with E-state index >= 15 is 0 Å². The molecule has 1 fully saturated rings. The molecule has 1 unspecified atom stereocenters. The van der Waals surface area contributed by atoms with E-state index in [0.29, 0.717) is 35.3 Å². The van der Waals surface area contributed by atoms with Gasteiger partial charge in [0.15, 0.2) is 0 Å². The number of carbonyl (C=O) groups is 1. The van der Waals surface area contributed by atoms with Gasteiger partial charge in [0, 0.05) is 38.9 Å². The number of benzene rings is 1. The maximum absolute atomic E-state index is 12.8. The molecule has 2 aromatic rings. The molecule has 0 radical (unpaired) electrons. The fraction of sp³-hybridized carbons (Fsp3) is 0.476. The summed E-state index contributed by atoms with van der Waals surface area (Å²) in [4.78, 5) is 25.5. The van der Waals surface area contributed by atoms with Gasteiger partial charge in [-0.15, -0.1) is 0 Å². The average Bonchev–Trinajstić information content (AvgIpc) is 2.82. The van der Waals surface area contributed by atoms with Gasteiger partial charge in [0.2, 0.25) is 5.95 Å². The van der Waals surface area contributed by atoms with Crippen LogP contribution in [-0.4, -0.2) is 77.9 Å². The minimum Gasteiger partial charge on any atom is -0.389 e. The van der Waals surface area contributed by atoms with Crippen LogP contribution in [0, 0.1) is 0 Å². The Morgan fingerprint density at radius 3 is 2.90 bits per heavy atom. The minimum atomic E-state index is -0.618. The van der Waals surface area contributed by atoms with Crippen molar-refractivity contribution in [3.63, 3.8) is 0 Å². The highest BCUT2D eigenvalue weighted by molar-refractivity contribution is 6.33.